The lowest BCUT2D eigenvalue weighted by Gasteiger charge is -2.43. The van der Waals surface area contributed by atoms with E-state index in [-0.39, 0.29) is 24.3 Å². The van der Waals surface area contributed by atoms with E-state index >= 15 is 0 Å². The van der Waals surface area contributed by atoms with E-state index in [0.29, 0.717) is 12.3 Å². The fourth-order valence-corrected chi connectivity index (χ4v) is 4.99. The zero-order chi connectivity index (χ0) is 24.0. The zero-order valence-corrected chi connectivity index (χ0v) is 19.4. The largest absolute Gasteiger partial charge is 0.481 e. The Bertz CT molecular complexity index is 880. The Morgan fingerprint density at radius 3 is 2.30 bits per heavy atom. The average Bonchev–Trinajstić information content (AvgIpc) is 2.76. The monoisotopic (exact) mass is 461 g/mol. The number of halogens is 3. The molecular formula is C27H34F3NO2. The molecule has 2 aromatic rings. The summed E-state index contributed by atoms with van der Waals surface area (Å²) in [7, 11) is 0. The van der Waals surface area contributed by atoms with E-state index in [2.05, 4.69) is 30.9 Å². The molecule has 0 amide bonds. The molecule has 0 aromatic heterocycles. The van der Waals surface area contributed by atoms with E-state index in [4.69, 9.17) is 0 Å². The minimum Gasteiger partial charge on any atom is -0.481 e. The highest BCUT2D eigenvalue weighted by Crippen LogP contribution is 2.42. The Morgan fingerprint density at radius 1 is 1.06 bits per heavy atom. The van der Waals surface area contributed by atoms with Crippen LogP contribution in [-0.4, -0.2) is 28.6 Å². The van der Waals surface area contributed by atoms with Gasteiger partial charge in [-0.3, -0.25) is 9.69 Å². The van der Waals surface area contributed by atoms with Crippen LogP contribution in [0.4, 0.5) is 13.2 Å². The van der Waals surface area contributed by atoms with Crippen molar-refractivity contribution in [2.24, 2.45) is 11.8 Å². The molecular weight excluding hydrogens is 427 g/mol. The molecule has 6 heteroatoms. The normalized spacial score (nSPS) is 21.5. The van der Waals surface area contributed by atoms with Crippen LogP contribution in [0.3, 0.4) is 0 Å². The van der Waals surface area contributed by atoms with Crippen LogP contribution in [-0.2, 0) is 17.5 Å². The summed E-state index contributed by atoms with van der Waals surface area (Å²) >= 11 is 0. The predicted molar refractivity (Wildman–Crippen MR) is 124 cm³/mol. The summed E-state index contributed by atoms with van der Waals surface area (Å²) in [4.78, 5) is 13.8. The van der Waals surface area contributed by atoms with Gasteiger partial charge in [0.2, 0.25) is 0 Å². The molecule has 180 valence electrons. The molecule has 1 N–H and O–H groups in total. The first-order valence-electron chi connectivity index (χ1n) is 11.8. The molecule has 3 atom stereocenters. The third-order valence-electron chi connectivity index (χ3n) is 6.74. The van der Waals surface area contributed by atoms with Gasteiger partial charge in [0.1, 0.15) is 0 Å². The van der Waals surface area contributed by atoms with E-state index in [0.717, 1.165) is 50.0 Å². The number of benzene rings is 2. The second-order valence-electron chi connectivity index (χ2n) is 9.71. The Labute approximate surface area is 194 Å². The van der Waals surface area contributed by atoms with Gasteiger partial charge in [-0.1, -0.05) is 56.3 Å². The molecule has 0 saturated heterocycles. The maximum atomic E-state index is 13.1. The summed E-state index contributed by atoms with van der Waals surface area (Å²) in [6.45, 7) is 6.06. The minimum atomic E-state index is -4.37. The number of rotatable bonds is 9. The summed E-state index contributed by atoms with van der Waals surface area (Å²) in [6, 6.07) is 15.9. The van der Waals surface area contributed by atoms with E-state index in [1.54, 1.807) is 12.1 Å². The third kappa shape index (κ3) is 7.32. The predicted octanol–water partition coefficient (Wildman–Crippen LogP) is 6.98. The lowest BCUT2D eigenvalue weighted by Crippen LogP contribution is -2.43. The van der Waals surface area contributed by atoms with Crippen molar-refractivity contribution in [3.63, 3.8) is 0 Å². The summed E-state index contributed by atoms with van der Waals surface area (Å²) in [5.41, 5.74) is 1.42. The van der Waals surface area contributed by atoms with Crippen LogP contribution < -0.4 is 0 Å². The molecule has 0 bridgehead atoms. The highest BCUT2D eigenvalue weighted by Gasteiger charge is 2.37. The Kier molecular flexibility index (Phi) is 8.57. The summed E-state index contributed by atoms with van der Waals surface area (Å²) in [5, 5.41) is 9.33. The molecule has 1 saturated carbocycles. The molecule has 0 spiro atoms. The molecule has 2 aromatic carbocycles. The fraction of sp³-hybridized carbons (Fsp3) is 0.519. The molecule has 0 aliphatic heterocycles. The molecule has 3 nitrogen and oxygen atoms in total. The van der Waals surface area contributed by atoms with Crippen molar-refractivity contribution in [1.29, 1.82) is 0 Å². The number of alkyl halides is 3. The second kappa shape index (κ2) is 11.2. The van der Waals surface area contributed by atoms with Gasteiger partial charge in [0.15, 0.2) is 0 Å². The topological polar surface area (TPSA) is 40.5 Å². The summed E-state index contributed by atoms with van der Waals surface area (Å²) in [6.07, 6.45) is -0.895. The highest BCUT2D eigenvalue weighted by molar-refractivity contribution is 5.67. The molecule has 1 aliphatic carbocycles. The van der Waals surface area contributed by atoms with Crippen LogP contribution in [0.2, 0.25) is 0 Å². The van der Waals surface area contributed by atoms with E-state index < -0.39 is 17.7 Å². The van der Waals surface area contributed by atoms with Crippen molar-refractivity contribution in [1.82, 2.24) is 4.90 Å². The lowest BCUT2D eigenvalue weighted by molar-refractivity contribution is -0.139. The van der Waals surface area contributed by atoms with Crippen LogP contribution in [0.5, 0.6) is 0 Å². The maximum Gasteiger partial charge on any atom is 0.416 e. The van der Waals surface area contributed by atoms with Crippen molar-refractivity contribution in [2.75, 3.05) is 6.54 Å². The molecule has 0 radical (unpaired) electrons. The van der Waals surface area contributed by atoms with Crippen LogP contribution in [0.25, 0.3) is 0 Å². The molecule has 1 aliphatic rings. The fourth-order valence-electron chi connectivity index (χ4n) is 4.99. The number of carbonyl (C=O) groups is 1. The van der Waals surface area contributed by atoms with Crippen molar-refractivity contribution in [3.05, 3.63) is 71.3 Å². The van der Waals surface area contributed by atoms with Crippen molar-refractivity contribution >= 4 is 5.97 Å². The summed E-state index contributed by atoms with van der Waals surface area (Å²) < 4.78 is 39.4. The van der Waals surface area contributed by atoms with Gasteiger partial charge in [0.05, 0.1) is 5.56 Å². The van der Waals surface area contributed by atoms with E-state index in [9.17, 15) is 23.1 Å². The van der Waals surface area contributed by atoms with E-state index in [1.165, 1.54) is 5.56 Å². The van der Waals surface area contributed by atoms with Crippen molar-refractivity contribution < 1.29 is 23.1 Å². The zero-order valence-electron chi connectivity index (χ0n) is 19.4. The van der Waals surface area contributed by atoms with Gasteiger partial charge < -0.3 is 5.11 Å². The van der Waals surface area contributed by atoms with Crippen LogP contribution in [0.15, 0.2) is 54.6 Å². The van der Waals surface area contributed by atoms with Gasteiger partial charge in [0.25, 0.3) is 0 Å². The maximum absolute atomic E-state index is 13.1. The highest BCUT2D eigenvalue weighted by atomic mass is 19.4. The summed E-state index contributed by atoms with van der Waals surface area (Å²) in [5.74, 6) is -0.238. The Hall–Kier alpha value is -2.34. The van der Waals surface area contributed by atoms with Gasteiger partial charge in [-0.15, -0.1) is 0 Å². The number of hydrogen-bond donors (Lipinski definition) is 1. The smallest absolute Gasteiger partial charge is 0.416 e. The van der Waals surface area contributed by atoms with Gasteiger partial charge in [0, 0.05) is 19.0 Å². The second-order valence-corrected chi connectivity index (χ2v) is 9.71. The number of aliphatic carboxylic acids is 1. The first-order chi connectivity index (χ1) is 15.6. The molecule has 33 heavy (non-hydrogen) atoms. The van der Waals surface area contributed by atoms with Crippen molar-refractivity contribution in [3.8, 4) is 0 Å². The number of hydrogen-bond acceptors (Lipinski definition) is 2. The van der Waals surface area contributed by atoms with Gasteiger partial charge in [-0.2, -0.15) is 13.2 Å². The first kappa shape index (κ1) is 25.3. The van der Waals surface area contributed by atoms with Crippen LogP contribution in [0, 0.1) is 11.8 Å². The molecule has 1 fully saturated rings. The van der Waals surface area contributed by atoms with Gasteiger partial charge in [-0.05, 0) is 73.2 Å². The third-order valence-corrected chi connectivity index (χ3v) is 6.74. The molecule has 3 rings (SSSR count). The number of carboxylic acids is 1. The number of nitrogens with zero attached hydrogens (tertiary/aromatic N) is 1. The minimum absolute atomic E-state index is 0.00116. The number of carboxylic acid groups (broad SMARTS) is 1. The van der Waals surface area contributed by atoms with Crippen LogP contribution >= 0.6 is 0 Å². The van der Waals surface area contributed by atoms with Gasteiger partial charge in [-0.25, -0.2) is 0 Å². The van der Waals surface area contributed by atoms with Gasteiger partial charge >= 0.3 is 12.1 Å². The standard InChI is InChI=1S/C27H34F3NO2/c1-19(2)14-15-31(18-20-6-4-3-5-7-20)25-13-8-21(17-26(32)33)16-24(25)22-9-11-23(12-10-22)27(28,29)30/h3-7,9-12,19,21,24-25H,8,13-18H2,1-2H3,(H,32,33)/t21-,24+,25-/m0/s1. The molecule has 0 heterocycles. The SMILES string of the molecule is CC(C)CCN(Cc1ccccc1)[C@H]1CC[C@H](CC(=O)O)C[C@@H]1c1ccc(C(F)(F)F)cc1. The quantitative estimate of drug-likeness (QED) is 0.438. The average molecular weight is 462 g/mol. The van der Waals surface area contributed by atoms with Crippen molar-refractivity contribution in [2.45, 2.75) is 70.6 Å². The Morgan fingerprint density at radius 2 is 1.73 bits per heavy atom. The van der Waals surface area contributed by atoms with Crippen LogP contribution in [0.1, 0.15) is 68.6 Å². The molecule has 0 unspecified atom stereocenters. The Balaban J connectivity index is 1.90. The first-order valence-corrected chi connectivity index (χ1v) is 11.8. The lowest BCUT2D eigenvalue weighted by atomic mass is 9.72. The van der Waals surface area contributed by atoms with E-state index in [1.807, 2.05) is 18.2 Å².